The number of thiocarbonyl (C=S) groups is 1. The van der Waals surface area contributed by atoms with E-state index in [1.807, 2.05) is 12.1 Å². The highest BCUT2D eigenvalue weighted by atomic mass is 32.1. The van der Waals surface area contributed by atoms with Gasteiger partial charge in [-0.3, -0.25) is 0 Å². The third kappa shape index (κ3) is 2.74. The third-order valence-electron chi connectivity index (χ3n) is 2.61. The van der Waals surface area contributed by atoms with Crippen LogP contribution in [0.3, 0.4) is 0 Å². The Kier molecular flexibility index (Phi) is 3.95. The van der Waals surface area contributed by atoms with Gasteiger partial charge in [-0.15, -0.1) is 0 Å². The Balaban J connectivity index is 2.43. The summed E-state index contributed by atoms with van der Waals surface area (Å²) >= 11 is 4.76. The molecule has 2 N–H and O–H groups in total. The van der Waals surface area contributed by atoms with Crippen LogP contribution in [0, 0.1) is 22.7 Å². The van der Waals surface area contributed by atoms with Gasteiger partial charge in [0.2, 0.25) is 0 Å². The summed E-state index contributed by atoms with van der Waals surface area (Å²) in [6.07, 6.45) is 1.47. The van der Waals surface area contributed by atoms with Gasteiger partial charge in [0.05, 0.1) is 17.2 Å². The third-order valence-corrected chi connectivity index (χ3v) is 2.83. The molecule has 5 heteroatoms. The molecule has 2 aromatic rings. The minimum Gasteiger partial charge on any atom is -0.457 e. The first-order valence-electron chi connectivity index (χ1n) is 5.66. The Morgan fingerprint density at radius 1 is 1.20 bits per heavy atom. The zero-order valence-electron chi connectivity index (χ0n) is 10.3. The van der Waals surface area contributed by atoms with Gasteiger partial charge < -0.3 is 10.2 Å². The van der Waals surface area contributed by atoms with Crippen LogP contribution in [-0.2, 0) is 0 Å². The normalized spacial score (nSPS) is 10.6. The summed E-state index contributed by atoms with van der Waals surface area (Å²) in [6, 6.07) is 14.5. The van der Waals surface area contributed by atoms with E-state index in [1.165, 1.54) is 6.08 Å². The lowest BCUT2D eigenvalue weighted by molar-refractivity contribution is 0.571. The Labute approximate surface area is 121 Å². The molecule has 0 bridgehead atoms. The lowest BCUT2D eigenvalue weighted by Crippen LogP contribution is -2.09. The topological polar surface area (TPSA) is 86.7 Å². The number of hydrogen-bond donors (Lipinski definition) is 1. The van der Waals surface area contributed by atoms with E-state index in [2.05, 4.69) is 6.07 Å². The van der Waals surface area contributed by atoms with Crippen LogP contribution in [-0.4, -0.2) is 4.99 Å². The van der Waals surface area contributed by atoms with Crippen molar-refractivity contribution in [3.8, 4) is 23.5 Å². The highest BCUT2D eigenvalue weighted by Crippen LogP contribution is 2.26. The van der Waals surface area contributed by atoms with E-state index < -0.39 is 0 Å². The van der Waals surface area contributed by atoms with Crippen LogP contribution in [0.2, 0.25) is 0 Å². The predicted octanol–water partition coefficient (Wildman–Crippen LogP) is 3.01. The van der Waals surface area contributed by atoms with Crippen molar-refractivity contribution in [2.24, 2.45) is 5.73 Å². The molecule has 0 atom stereocenters. The summed E-state index contributed by atoms with van der Waals surface area (Å²) in [4.78, 5) is 0.0166. The first-order chi connectivity index (χ1) is 9.65. The smallest absolute Gasteiger partial charge is 0.136 e. The molecular formula is C15H9N3OS. The number of benzene rings is 1. The van der Waals surface area contributed by atoms with Crippen LogP contribution < -0.4 is 5.73 Å². The van der Waals surface area contributed by atoms with E-state index in [4.69, 9.17) is 32.9 Å². The summed E-state index contributed by atoms with van der Waals surface area (Å²) in [7, 11) is 0. The van der Waals surface area contributed by atoms with Crippen molar-refractivity contribution in [3.63, 3.8) is 0 Å². The van der Waals surface area contributed by atoms with Crippen molar-refractivity contribution in [1.82, 2.24) is 0 Å². The number of hydrogen-bond acceptors (Lipinski definition) is 4. The first kappa shape index (κ1) is 13.5. The van der Waals surface area contributed by atoms with E-state index in [1.54, 1.807) is 30.3 Å². The molecule has 4 nitrogen and oxygen atoms in total. The number of nitrogens with zero attached hydrogens (tertiary/aromatic N) is 2. The zero-order chi connectivity index (χ0) is 14.5. The number of furan rings is 1. The molecule has 0 saturated carbocycles. The average Bonchev–Trinajstić information content (AvgIpc) is 2.92. The monoisotopic (exact) mass is 279 g/mol. The second-order valence-electron chi connectivity index (χ2n) is 3.89. The maximum atomic E-state index is 9.06. The zero-order valence-corrected chi connectivity index (χ0v) is 11.1. The molecule has 1 heterocycles. The minimum atomic E-state index is 0.0166. The van der Waals surface area contributed by atoms with Crippen LogP contribution in [0.5, 0.6) is 0 Å². The van der Waals surface area contributed by atoms with Gasteiger partial charge in [-0.05, 0) is 24.3 Å². The van der Waals surface area contributed by atoms with E-state index in [0.717, 1.165) is 0 Å². The number of nitrogens with two attached hydrogens (primary N) is 1. The van der Waals surface area contributed by atoms with Crippen LogP contribution in [0.25, 0.3) is 17.4 Å². The molecule has 1 aromatic carbocycles. The average molecular weight is 279 g/mol. The molecule has 0 spiro atoms. The molecule has 1 aromatic heterocycles. The Hall–Kier alpha value is -2.89. The fraction of sp³-hybridized carbons (Fsp3) is 0. The summed E-state index contributed by atoms with van der Waals surface area (Å²) in [5.74, 6) is 1.01. The van der Waals surface area contributed by atoms with E-state index in [0.29, 0.717) is 22.6 Å². The van der Waals surface area contributed by atoms with E-state index in [9.17, 15) is 0 Å². The van der Waals surface area contributed by atoms with Gasteiger partial charge >= 0.3 is 0 Å². The fourth-order valence-corrected chi connectivity index (χ4v) is 1.78. The van der Waals surface area contributed by atoms with Crippen molar-refractivity contribution in [2.45, 2.75) is 0 Å². The molecule has 0 unspecified atom stereocenters. The quantitative estimate of drug-likeness (QED) is 0.530. The van der Waals surface area contributed by atoms with Crippen LogP contribution in [0.1, 0.15) is 11.3 Å². The lowest BCUT2D eigenvalue weighted by atomic mass is 10.1. The molecule has 0 saturated heterocycles. The fourth-order valence-electron chi connectivity index (χ4n) is 1.67. The molecule has 0 amide bonds. The standard InChI is InChI=1S/C15H9N3OS/c16-8-10-3-1-2-4-13(10)14-6-5-12(19-14)7-11(9-17)15(18)20/h1-7H,(H2,18,20). The predicted molar refractivity (Wildman–Crippen MR) is 79.2 cm³/mol. The maximum Gasteiger partial charge on any atom is 0.136 e. The summed E-state index contributed by atoms with van der Waals surface area (Å²) in [5, 5.41) is 18.0. The molecule has 0 fully saturated rings. The molecule has 0 aliphatic rings. The van der Waals surface area contributed by atoms with Gasteiger partial charge in [0.15, 0.2) is 0 Å². The van der Waals surface area contributed by atoms with Gasteiger partial charge in [0.25, 0.3) is 0 Å². The Bertz CT molecular complexity index is 775. The summed E-state index contributed by atoms with van der Waals surface area (Å²) in [6.45, 7) is 0. The second-order valence-corrected chi connectivity index (χ2v) is 4.33. The van der Waals surface area contributed by atoms with Crippen LogP contribution in [0.4, 0.5) is 0 Å². The largest absolute Gasteiger partial charge is 0.457 e. The van der Waals surface area contributed by atoms with Crippen molar-refractivity contribution < 1.29 is 4.42 Å². The highest BCUT2D eigenvalue weighted by molar-refractivity contribution is 7.80. The Morgan fingerprint density at radius 2 is 1.95 bits per heavy atom. The maximum absolute atomic E-state index is 9.06. The molecule has 96 valence electrons. The van der Waals surface area contributed by atoms with Crippen LogP contribution >= 0.6 is 12.2 Å². The molecule has 0 aliphatic heterocycles. The van der Waals surface area contributed by atoms with Gasteiger partial charge in [-0.1, -0.05) is 24.4 Å². The lowest BCUT2D eigenvalue weighted by Gasteiger charge is -1.99. The Morgan fingerprint density at radius 3 is 2.60 bits per heavy atom. The van der Waals surface area contributed by atoms with Gasteiger partial charge in [-0.25, -0.2) is 0 Å². The van der Waals surface area contributed by atoms with Crippen molar-refractivity contribution in [2.75, 3.05) is 0 Å². The van der Waals surface area contributed by atoms with E-state index >= 15 is 0 Å². The van der Waals surface area contributed by atoms with Crippen molar-refractivity contribution in [1.29, 1.82) is 10.5 Å². The minimum absolute atomic E-state index is 0.0166. The van der Waals surface area contributed by atoms with Gasteiger partial charge in [-0.2, -0.15) is 10.5 Å². The van der Waals surface area contributed by atoms with E-state index in [-0.39, 0.29) is 10.6 Å². The number of nitriles is 2. The van der Waals surface area contributed by atoms with Crippen molar-refractivity contribution in [3.05, 3.63) is 53.3 Å². The summed E-state index contributed by atoms with van der Waals surface area (Å²) < 4.78 is 5.60. The molecule has 20 heavy (non-hydrogen) atoms. The molecule has 0 aliphatic carbocycles. The van der Waals surface area contributed by atoms with Crippen molar-refractivity contribution >= 4 is 23.3 Å². The second kappa shape index (κ2) is 5.83. The molecular weight excluding hydrogens is 270 g/mol. The number of rotatable bonds is 3. The summed E-state index contributed by atoms with van der Waals surface area (Å²) in [5.41, 5.74) is 6.81. The first-order valence-corrected chi connectivity index (χ1v) is 6.07. The van der Waals surface area contributed by atoms with Gasteiger partial charge in [0, 0.05) is 11.6 Å². The molecule has 0 radical (unpaired) electrons. The SMILES string of the molecule is N#CC(=Cc1ccc(-c2ccccc2C#N)o1)C(N)=S. The highest BCUT2D eigenvalue weighted by Gasteiger charge is 2.09. The van der Waals surface area contributed by atoms with Crippen LogP contribution in [0.15, 0.2) is 46.4 Å². The van der Waals surface area contributed by atoms with Gasteiger partial charge in [0.1, 0.15) is 22.6 Å². The molecule has 2 rings (SSSR count).